The Morgan fingerprint density at radius 3 is 2.83 bits per heavy atom. The molecule has 5 nitrogen and oxygen atoms in total. The van der Waals surface area contributed by atoms with Crippen molar-refractivity contribution in [2.75, 3.05) is 18.5 Å². The number of carboxylic acid groups (broad SMARTS) is 1. The van der Waals surface area contributed by atoms with Gasteiger partial charge in [-0.25, -0.2) is 9.78 Å². The van der Waals surface area contributed by atoms with E-state index in [0.29, 0.717) is 19.1 Å². The number of rotatable bonds is 7. The molecule has 1 heterocycles. The van der Waals surface area contributed by atoms with Gasteiger partial charge in [-0.05, 0) is 25.0 Å². The van der Waals surface area contributed by atoms with Crippen LogP contribution < -0.4 is 5.32 Å². The van der Waals surface area contributed by atoms with Gasteiger partial charge in [-0.3, -0.25) is 0 Å². The van der Waals surface area contributed by atoms with Gasteiger partial charge in [0.1, 0.15) is 5.69 Å². The molecule has 1 aromatic rings. The molecule has 0 radical (unpaired) electrons. The highest BCUT2D eigenvalue weighted by Crippen LogP contribution is 2.14. The van der Waals surface area contributed by atoms with Crippen LogP contribution in [0, 0.1) is 5.92 Å². The molecule has 0 aliphatic carbocycles. The number of anilines is 1. The maximum Gasteiger partial charge on any atom is 0.354 e. The smallest absolute Gasteiger partial charge is 0.354 e. The Bertz CT molecular complexity index is 394. The number of nitrogens with zero attached hydrogens (tertiary/aromatic N) is 1. The molecular formula is C13H20N2O3. The summed E-state index contributed by atoms with van der Waals surface area (Å²) in [7, 11) is 0. The average molecular weight is 252 g/mol. The molecule has 100 valence electrons. The fourth-order valence-electron chi connectivity index (χ4n) is 1.50. The first-order valence-corrected chi connectivity index (χ1v) is 6.08. The molecule has 1 unspecified atom stereocenters. The molecule has 0 amide bonds. The minimum Gasteiger partial charge on any atom is -0.477 e. The number of pyridine rings is 1. The van der Waals surface area contributed by atoms with E-state index in [1.165, 1.54) is 12.3 Å². The van der Waals surface area contributed by atoms with Crippen molar-refractivity contribution in [3.05, 3.63) is 24.0 Å². The molecule has 5 heteroatoms. The van der Waals surface area contributed by atoms with E-state index in [1.807, 2.05) is 6.92 Å². The molecule has 18 heavy (non-hydrogen) atoms. The molecule has 0 bridgehead atoms. The van der Waals surface area contributed by atoms with Crippen molar-refractivity contribution in [3.8, 4) is 0 Å². The third kappa shape index (κ3) is 4.33. The minimum absolute atomic E-state index is 0.0407. The molecule has 0 aromatic carbocycles. The first kappa shape index (κ1) is 14.4. The average Bonchev–Trinajstić information content (AvgIpc) is 2.34. The van der Waals surface area contributed by atoms with E-state index in [9.17, 15) is 4.79 Å². The molecule has 0 fully saturated rings. The number of nitrogens with one attached hydrogen (secondary N) is 1. The molecule has 2 N–H and O–H groups in total. The monoisotopic (exact) mass is 252 g/mol. The van der Waals surface area contributed by atoms with Crippen LogP contribution in [-0.2, 0) is 4.74 Å². The highest BCUT2D eigenvalue weighted by atomic mass is 16.5. The molecule has 0 saturated carbocycles. The largest absolute Gasteiger partial charge is 0.477 e. The van der Waals surface area contributed by atoms with Crippen molar-refractivity contribution >= 4 is 11.7 Å². The maximum absolute atomic E-state index is 10.8. The maximum atomic E-state index is 10.8. The lowest BCUT2D eigenvalue weighted by Crippen LogP contribution is -2.31. The Labute approximate surface area is 107 Å². The summed E-state index contributed by atoms with van der Waals surface area (Å²) in [5, 5.41) is 12.2. The van der Waals surface area contributed by atoms with Crippen molar-refractivity contribution in [1.29, 1.82) is 0 Å². The van der Waals surface area contributed by atoms with Gasteiger partial charge in [0.2, 0.25) is 0 Å². The van der Waals surface area contributed by atoms with E-state index in [4.69, 9.17) is 9.84 Å². The molecule has 1 atom stereocenters. The summed E-state index contributed by atoms with van der Waals surface area (Å²) in [6.07, 6.45) is 1.49. The van der Waals surface area contributed by atoms with Crippen LogP contribution in [0.1, 0.15) is 31.3 Å². The Kier molecular flexibility index (Phi) is 5.58. The second kappa shape index (κ2) is 6.96. The van der Waals surface area contributed by atoms with E-state index in [0.717, 1.165) is 5.69 Å². The summed E-state index contributed by atoms with van der Waals surface area (Å²) < 4.78 is 5.41. The number of carboxylic acids is 1. The molecule has 0 aliphatic heterocycles. The van der Waals surface area contributed by atoms with Gasteiger partial charge in [0.05, 0.1) is 12.6 Å². The second-order valence-electron chi connectivity index (χ2n) is 4.39. The van der Waals surface area contributed by atoms with E-state index in [-0.39, 0.29) is 11.7 Å². The van der Waals surface area contributed by atoms with Crippen LogP contribution in [0.25, 0.3) is 0 Å². The van der Waals surface area contributed by atoms with E-state index < -0.39 is 5.97 Å². The fraction of sp³-hybridized carbons (Fsp3) is 0.538. The standard InChI is InChI=1S/C13H20N2O3/c1-4-18-8-12(9(2)3)15-10-5-6-14-11(7-10)13(16)17/h5-7,9,12H,4,8H2,1-3H3,(H,14,15)(H,16,17). The van der Waals surface area contributed by atoms with Gasteiger partial charge in [0, 0.05) is 18.5 Å². The number of ether oxygens (including phenoxy) is 1. The number of aromatic nitrogens is 1. The summed E-state index contributed by atoms with van der Waals surface area (Å²) in [5.74, 6) is -0.637. The number of hydrogen-bond acceptors (Lipinski definition) is 4. The van der Waals surface area contributed by atoms with Gasteiger partial charge in [0.25, 0.3) is 0 Å². The van der Waals surface area contributed by atoms with Crippen LogP contribution >= 0.6 is 0 Å². The van der Waals surface area contributed by atoms with Crippen molar-refractivity contribution in [2.24, 2.45) is 5.92 Å². The van der Waals surface area contributed by atoms with E-state index >= 15 is 0 Å². The lowest BCUT2D eigenvalue weighted by molar-refractivity contribution is 0.0690. The van der Waals surface area contributed by atoms with E-state index in [1.54, 1.807) is 6.07 Å². The number of aromatic carboxylic acids is 1. The van der Waals surface area contributed by atoms with Crippen molar-refractivity contribution in [3.63, 3.8) is 0 Å². The van der Waals surface area contributed by atoms with Crippen LogP contribution in [0.3, 0.4) is 0 Å². The van der Waals surface area contributed by atoms with Gasteiger partial charge in [-0.15, -0.1) is 0 Å². The van der Waals surface area contributed by atoms with Crippen LogP contribution in [0.5, 0.6) is 0 Å². The molecule has 1 rings (SSSR count). The zero-order valence-corrected chi connectivity index (χ0v) is 11.0. The topological polar surface area (TPSA) is 71.5 Å². The molecular weight excluding hydrogens is 232 g/mol. The predicted molar refractivity (Wildman–Crippen MR) is 69.9 cm³/mol. The molecule has 0 aliphatic rings. The number of carbonyl (C=O) groups is 1. The van der Waals surface area contributed by atoms with Gasteiger partial charge in [0.15, 0.2) is 0 Å². The number of hydrogen-bond donors (Lipinski definition) is 2. The Hall–Kier alpha value is -1.62. The molecule has 0 spiro atoms. The van der Waals surface area contributed by atoms with Gasteiger partial charge >= 0.3 is 5.97 Å². The first-order valence-electron chi connectivity index (χ1n) is 6.08. The lowest BCUT2D eigenvalue weighted by atomic mass is 10.1. The lowest BCUT2D eigenvalue weighted by Gasteiger charge is -2.23. The van der Waals surface area contributed by atoms with Gasteiger partial charge in [-0.2, -0.15) is 0 Å². The SMILES string of the molecule is CCOCC(Nc1ccnc(C(=O)O)c1)C(C)C. The summed E-state index contributed by atoms with van der Waals surface area (Å²) in [6, 6.07) is 3.44. The van der Waals surface area contributed by atoms with Crippen molar-refractivity contribution in [1.82, 2.24) is 4.98 Å². The minimum atomic E-state index is -1.02. The normalized spacial score (nSPS) is 12.4. The third-order valence-corrected chi connectivity index (χ3v) is 2.64. The molecule has 0 saturated heterocycles. The third-order valence-electron chi connectivity index (χ3n) is 2.64. The Morgan fingerprint density at radius 2 is 2.28 bits per heavy atom. The predicted octanol–water partition coefficient (Wildman–Crippen LogP) is 2.25. The fourth-order valence-corrected chi connectivity index (χ4v) is 1.50. The van der Waals surface area contributed by atoms with Crippen LogP contribution in [0.4, 0.5) is 5.69 Å². The van der Waals surface area contributed by atoms with Crippen LogP contribution in [-0.4, -0.2) is 35.3 Å². The summed E-state index contributed by atoms with van der Waals surface area (Å²) in [4.78, 5) is 14.6. The molecule has 1 aromatic heterocycles. The van der Waals surface area contributed by atoms with Crippen molar-refractivity contribution in [2.45, 2.75) is 26.8 Å². The van der Waals surface area contributed by atoms with Crippen LogP contribution in [0.15, 0.2) is 18.3 Å². The first-order chi connectivity index (χ1) is 8.54. The highest BCUT2D eigenvalue weighted by molar-refractivity contribution is 5.86. The van der Waals surface area contributed by atoms with Crippen molar-refractivity contribution < 1.29 is 14.6 Å². The second-order valence-corrected chi connectivity index (χ2v) is 4.39. The highest BCUT2D eigenvalue weighted by Gasteiger charge is 2.14. The summed E-state index contributed by atoms with van der Waals surface area (Å²) in [6.45, 7) is 7.40. The van der Waals surface area contributed by atoms with Gasteiger partial charge < -0.3 is 15.2 Å². The Balaban J connectivity index is 2.73. The zero-order chi connectivity index (χ0) is 13.5. The quantitative estimate of drug-likeness (QED) is 0.778. The summed E-state index contributed by atoms with van der Waals surface area (Å²) >= 11 is 0. The van der Waals surface area contributed by atoms with Crippen LogP contribution in [0.2, 0.25) is 0 Å². The Morgan fingerprint density at radius 1 is 1.56 bits per heavy atom. The summed E-state index contributed by atoms with van der Waals surface area (Å²) in [5.41, 5.74) is 0.791. The van der Waals surface area contributed by atoms with Gasteiger partial charge in [-0.1, -0.05) is 13.8 Å². The van der Waals surface area contributed by atoms with E-state index in [2.05, 4.69) is 24.1 Å². The zero-order valence-electron chi connectivity index (χ0n) is 11.0.